The summed E-state index contributed by atoms with van der Waals surface area (Å²) < 4.78 is 0. The normalized spacial score (nSPS) is 27.9. The Morgan fingerprint density at radius 2 is 1.71 bits per heavy atom. The van der Waals surface area contributed by atoms with Crippen molar-refractivity contribution in [3.05, 3.63) is 35.4 Å². The summed E-state index contributed by atoms with van der Waals surface area (Å²) in [7, 11) is 0. The summed E-state index contributed by atoms with van der Waals surface area (Å²) in [6, 6.07) is 9.20. The van der Waals surface area contributed by atoms with E-state index in [-0.39, 0.29) is 5.91 Å². The molecule has 2 atom stereocenters. The molecule has 1 amide bonds. The van der Waals surface area contributed by atoms with Crippen molar-refractivity contribution in [1.82, 2.24) is 4.90 Å². The number of rotatable bonds is 0. The average Bonchev–Trinajstić information content (AvgIpc) is 2.73. The van der Waals surface area contributed by atoms with Crippen molar-refractivity contribution in [2.75, 3.05) is 0 Å². The first-order valence-electron chi connectivity index (χ1n) is 5.17. The highest BCUT2D eigenvalue weighted by Gasteiger charge is 2.44. The van der Waals surface area contributed by atoms with Crippen LogP contribution in [0.25, 0.3) is 0 Å². The molecule has 2 bridgehead atoms. The molecule has 0 saturated carbocycles. The first kappa shape index (κ1) is 8.04. The standard InChI is InChI=1S/C12H13NO/c1-8(14)13-11-6-7-12(13)10-5-3-2-4-9(10)11/h2-5,11-12H,6-7H2,1H3. The van der Waals surface area contributed by atoms with Gasteiger partial charge in [-0.3, -0.25) is 4.79 Å². The summed E-state index contributed by atoms with van der Waals surface area (Å²) in [5, 5.41) is 0. The SMILES string of the molecule is CC(=O)N1C2CCC1c1ccccc12. The van der Waals surface area contributed by atoms with Crippen molar-refractivity contribution in [2.24, 2.45) is 0 Å². The van der Waals surface area contributed by atoms with E-state index >= 15 is 0 Å². The zero-order valence-electron chi connectivity index (χ0n) is 8.23. The Morgan fingerprint density at radius 3 is 2.14 bits per heavy atom. The van der Waals surface area contributed by atoms with Crippen molar-refractivity contribution in [3.8, 4) is 0 Å². The molecule has 2 heterocycles. The Morgan fingerprint density at radius 1 is 1.21 bits per heavy atom. The van der Waals surface area contributed by atoms with Crippen molar-refractivity contribution < 1.29 is 4.79 Å². The van der Waals surface area contributed by atoms with E-state index in [9.17, 15) is 4.79 Å². The lowest BCUT2D eigenvalue weighted by molar-refractivity contribution is -0.131. The molecule has 1 aromatic carbocycles. The molecular weight excluding hydrogens is 174 g/mol. The molecule has 72 valence electrons. The lowest BCUT2D eigenvalue weighted by atomic mass is 9.92. The van der Waals surface area contributed by atoms with Crippen LogP contribution in [0.1, 0.15) is 43.0 Å². The van der Waals surface area contributed by atoms with E-state index < -0.39 is 0 Å². The molecule has 1 fully saturated rings. The summed E-state index contributed by atoms with van der Waals surface area (Å²) in [5.41, 5.74) is 2.75. The quantitative estimate of drug-likeness (QED) is 0.610. The topological polar surface area (TPSA) is 20.3 Å². The van der Waals surface area contributed by atoms with Crippen LogP contribution in [-0.2, 0) is 4.79 Å². The zero-order chi connectivity index (χ0) is 9.71. The van der Waals surface area contributed by atoms with E-state index in [0.717, 1.165) is 12.8 Å². The first-order valence-corrected chi connectivity index (χ1v) is 5.17. The van der Waals surface area contributed by atoms with Gasteiger partial charge in [0.15, 0.2) is 0 Å². The van der Waals surface area contributed by atoms with Crippen molar-refractivity contribution >= 4 is 5.91 Å². The molecular formula is C12H13NO. The van der Waals surface area contributed by atoms with E-state index in [2.05, 4.69) is 24.3 Å². The van der Waals surface area contributed by atoms with Crippen molar-refractivity contribution in [3.63, 3.8) is 0 Å². The second-order valence-corrected chi connectivity index (χ2v) is 4.16. The van der Waals surface area contributed by atoms with Gasteiger partial charge in [-0.1, -0.05) is 24.3 Å². The molecule has 14 heavy (non-hydrogen) atoms. The third-order valence-corrected chi connectivity index (χ3v) is 3.46. The van der Waals surface area contributed by atoms with E-state index in [4.69, 9.17) is 0 Å². The van der Waals surface area contributed by atoms with Gasteiger partial charge < -0.3 is 4.90 Å². The van der Waals surface area contributed by atoms with Crippen LogP contribution < -0.4 is 0 Å². The van der Waals surface area contributed by atoms with Gasteiger partial charge >= 0.3 is 0 Å². The minimum atomic E-state index is 0.216. The van der Waals surface area contributed by atoms with Gasteiger partial charge in [0.2, 0.25) is 5.91 Å². The van der Waals surface area contributed by atoms with Crippen LogP contribution in [0, 0.1) is 0 Å². The highest BCUT2D eigenvalue weighted by molar-refractivity contribution is 5.76. The lowest BCUT2D eigenvalue weighted by Gasteiger charge is -2.20. The first-order chi connectivity index (χ1) is 6.79. The fourth-order valence-corrected chi connectivity index (χ4v) is 2.98. The monoisotopic (exact) mass is 187 g/mol. The van der Waals surface area contributed by atoms with E-state index in [1.54, 1.807) is 6.92 Å². The van der Waals surface area contributed by atoms with E-state index in [1.807, 2.05) is 4.90 Å². The minimum Gasteiger partial charge on any atom is -0.329 e. The number of carbonyl (C=O) groups excluding carboxylic acids is 1. The molecule has 0 N–H and O–H groups in total. The Labute approximate surface area is 83.5 Å². The Hall–Kier alpha value is -1.31. The fourth-order valence-electron chi connectivity index (χ4n) is 2.98. The van der Waals surface area contributed by atoms with Gasteiger partial charge in [-0.05, 0) is 24.0 Å². The lowest BCUT2D eigenvalue weighted by Crippen LogP contribution is -2.24. The molecule has 2 aliphatic heterocycles. The third-order valence-electron chi connectivity index (χ3n) is 3.46. The number of hydrogen-bond acceptors (Lipinski definition) is 1. The molecule has 1 saturated heterocycles. The number of carbonyl (C=O) groups is 1. The second kappa shape index (κ2) is 2.59. The van der Waals surface area contributed by atoms with Crippen LogP contribution in [-0.4, -0.2) is 10.8 Å². The molecule has 2 aliphatic rings. The summed E-state index contributed by atoms with van der Waals surface area (Å²) >= 11 is 0. The van der Waals surface area contributed by atoms with Gasteiger partial charge in [0.1, 0.15) is 0 Å². The molecule has 0 radical (unpaired) electrons. The molecule has 3 rings (SSSR count). The highest BCUT2D eigenvalue weighted by atomic mass is 16.2. The van der Waals surface area contributed by atoms with Crippen LogP contribution in [0.3, 0.4) is 0 Å². The van der Waals surface area contributed by atoms with Crippen molar-refractivity contribution in [2.45, 2.75) is 31.8 Å². The van der Waals surface area contributed by atoms with Gasteiger partial charge in [0.25, 0.3) is 0 Å². The van der Waals surface area contributed by atoms with Gasteiger partial charge in [-0.2, -0.15) is 0 Å². The molecule has 0 aliphatic carbocycles. The molecule has 0 aromatic heterocycles. The van der Waals surface area contributed by atoms with Crippen LogP contribution >= 0.6 is 0 Å². The molecule has 1 aromatic rings. The van der Waals surface area contributed by atoms with Crippen LogP contribution in [0.2, 0.25) is 0 Å². The van der Waals surface area contributed by atoms with Crippen LogP contribution in [0.15, 0.2) is 24.3 Å². The maximum absolute atomic E-state index is 11.5. The number of benzene rings is 1. The smallest absolute Gasteiger partial charge is 0.220 e. The molecule has 0 spiro atoms. The Balaban J connectivity index is 2.13. The number of fused-ring (bicyclic) bond motifs is 5. The third kappa shape index (κ3) is 0.834. The zero-order valence-corrected chi connectivity index (χ0v) is 8.23. The maximum Gasteiger partial charge on any atom is 0.220 e. The van der Waals surface area contributed by atoms with Gasteiger partial charge in [0, 0.05) is 6.92 Å². The van der Waals surface area contributed by atoms with E-state index in [0.29, 0.717) is 12.1 Å². The van der Waals surface area contributed by atoms with Gasteiger partial charge in [-0.15, -0.1) is 0 Å². The number of nitrogens with zero attached hydrogens (tertiary/aromatic N) is 1. The van der Waals surface area contributed by atoms with E-state index in [1.165, 1.54) is 11.1 Å². The number of amides is 1. The largest absolute Gasteiger partial charge is 0.329 e. The van der Waals surface area contributed by atoms with Crippen LogP contribution in [0.5, 0.6) is 0 Å². The predicted octanol–water partition coefficient (Wildman–Crippen LogP) is 2.42. The van der Waals surface area contributed by atoms with Crippen LogP contribution in [0.4, 0.5) is 0 Å². The predicted molar refractivity (Wildman–Crippen MR) is 53.7 cm³/mol. The molecule has 2 unspecified atom stereocenters. The number of hydrogen-bond donors (Lipinski definition) is 0. The average molecular weight is 187 g/mol. The summed E-state index contributed by atoms with van der Waals surface area (Å²) in [6.07, 6.45) is 2.28. The Bertz CT molecular complexity index is 368. The highest BCUT2D eigenvalue weighted by Crippen LogP contribution is 2.52. The summed E-state index contributed by atoms with van der Waals surface area (Å²) in [4.78, 5) is 13.5. The maximum atomic E-state index is 11.5. The van der Waals surface area contributed by atoms with Gasteiger partial charge in [-0.25, -0.2) is 0 Å². The molecule has 2 heteroatoms. The van der Waals surface area contributed by atoms with Gasteiger partial charge in [0.05, 0.1) is 12.1 Å². The second-order valence-electron chi connectivity index (χ2n) is 4.16. The Kier molecular flexibility index (Phi) is 1.49. The molecule has 2 nitrogen and oxygen atoms in total. The summed E-state index contributed by atoms with van der Waals surface area (Å²) in [5.74, 6) is 0.216. The fraction of sp³-hybridized carbons (Fsp3) is 0.417. The summed E-state index contributed by atoms with van der Waals surface area (Å²) in [6.45, 7) is 1.68. The van der Waals surface area contributed by atoms with Crippen molar-refractivity contribution in [1.29, 1.82) is 0 Å². The minimum absolute atomic E-state index is 0.216.